The molecule has 1 saturated heterocycles. The van der Waals surface area contributed by atoms with Gasteiger partial charge in [-0.3, -0.25) is 9.88 Å². The molecule has 0 saturated carbocycles. The maximum Gasteiger partial charge on any atom is 0.0529 e. The second-order valence-corrected chi connectivity index (χ2v) is 7.29. The summed E-state index contributed by atoms with van der Waals surface area (Å²) in [4.78, 5) is 6.79. The quantitative estimate of drug-likeness (QED) is 0.681. The number of fused-ring (bicyclic) bond motifs is 5. The largest absolute Gasteiger partial charge is 0.320 e. The molecule has 1 fully saturated rings. The van der Waals surface area contributed by atoms with E-state index in [1.54, 1.807) is 5.56 Å². The number of pyridine rings is 1. The van der Waals surface area contributed by atoms with Crippen LogP contribution in [0.3, 0.4) is 0 Å². The van der Waals surface area contributed by atoms with Gasteiger partial charge >= 0.3 is 0 Å². The number of hydrogen-bond donors (Lipinski definition) is 0. The van der Waals surface area contributed by atoms with E-state index in [1.165, 1.54) is 53.7 Å². The van der Waals surface area contributed by atoms with Gasteiger partial charge in [0.25, 0.3) is 0 Å². The lowest BCUT2D eigenvalue weighted by Gasteiger charge is -2.30. The monoisotopic (exact) mass is 329 g/mol. The highest BCUT2D eigenvalue weighted by atomic mass is 15.2. The third kappa shape index (κ3) is 2.42. The van der Waals surface area contributed by atoms with Crippen molar-refractivity contribution in [1.82, 2.24) is 14.5 Å². The van der Waals surface area contributed by atoms with Gasteiger partial charge in [0.05, 0.1) is 5.52 Å². The molecular weight excluding hydrogens is 306 g/mol. The van der Waals surface area contributed by atoms with Crippen molar-refractivity contribution in [3.8, 4) is 0 Å². The molecular formula is C22H23N3. The van der Waals surface area contributed by atoms with Gasteiger partial charge in [-0.1, -0.05) is 11.6 Å². The van der Waals surface area contributed by atoms with E-state index in [4.69, 9.17) is 0 Å². The van der Waals surface area contributed by atoms with Gasteiger partial charge in [-0.25, -0.2) is 0 Å². The fraction of sp³-hybridized carbons (Fsp3) is 0.318. The van der Waals surface area contributed by atoms with E-state index < -0.39 is 0 Å². The molecule has 0 aliphatic carbocycles. The zero-order chi connectivity index (χ0) is 16.8. The van der Waals surface area contributed by atoms with Gasteiger partial charge in [0.1, 0.15) is 0 Å². The molecule has 3 heteroatoms. The van der Waals surface area contributed by atoms with Crippen molar-refractivity contribution < 1.29 is 0 Å². The Morgan fingerprint density at radius 2 is 2.00 bits per heavy atom. The summed E-state index contributed by atoms with van der Waals surface area (Å²) in [5, 5.41) is 1.45. The summed E-state index contributed by atoms with van der Waals surface area (Å²) in [6.45, 7) is 4.65. The average Bonchev–Trinajstić information content (AvgIpc) is 3.22. The lowest BCUT2D eigenvalue weighted by Crippen LogP contribution is -2.31. The normalized spacial score (nSPS) is 20.3. The van der Waals surface area contributed by atoms with E-state index in [9.17, 15) is 0 Å². The first kappa shape index (κ1) is 14.9. The van der Waals surface area contributed by atoms with Crippen LogP contribution in [0.4, 0.5) is 0 Å². The van der Waals surface area contributed by atoms with Gasteiger partial charge in [0, 0.05) is 48.7 Å². The van der Waals surface area contributed by atoms with Gasteiger partial charge < -0.3 is 4.57 Å². The Morgan fingerprint density at radius 1 is 1.12 bits per heavy atom. The van der Waals surface area contributed by atoms with Crippen molar-refractivity contribution in [1.29, 1.82) is 0 Å². The number of aryl methyl sites for hydroxylation is 1. The summed E-state index contributed by atoms with van der Waals surface area (Å²) in [6, 6.07) is 11.6. The number of rotatable bonds is 2. The van der Waals surface area contributed by atoms with Gasteiger partial charge in [0.2, 0.25) is 0 Å². The predicted molar refractivity (Wildman–Crippen MR) is 103 cm³/mol. The molecule has 0 amide bonds. The van der Waals surface area contributed by atoms with Crippen molar-refractivity contribution in [2.24, 2.45) is 0 Å². The molecule has 2 aromatic heterocycles. The summed E-state index contributed by atoms with van der Waals surface area (Å²) in [5.74, 6) is 0. The zero-order valence-corrected chi connectivity index (χ0v) is 14.7. The molecule has 2 aliphatic rings. The molecule has 1 unspecified atom stereocenters. The highest BCUT2D eigenvalue weighted by molar-refractivity contribution is 5.89. The predicted octanol–water partition coefficient (Wildman–Crippen LogP) is 4.67. The van der Waals surface area contributed by atoms with Crippen LogP contribution in [0.2, 0.25) is 0 Å². The first-order chi connectivity index (χ1) is 12.3. The fourth-order valence-corrected chi connectivity index (χ4v) is 4.61. The van der Waals surface area contributed by atoms with Crippen LogP contribution < -0.4 is 0 Å². The van der Waals surface area contributed by atoms with E-state index in [0.29, 0.717) is 6.04 Å². The lowest BCUT2D eigenvalue weighted by atomic mass is 9.95. The fourth-order valence-electron chi connectivity index (χ4n) is 4.61. The molecule has 0 N–H and O–H groups in total. The minimum Gasteiger partial charge on any atom is -0.320 e. The second-order valence-electron chi connectivity index (χ2n) is 7.29. The van der Waals surface area contributed by atoms with Gasteiger partial charge in [-0.15, -0.1) is 0 Å². The van der Waals surface area contributed by atoms with Crippen LogP contribution in [0.1, 0.15) is 41.3 Å². The topological polar surface area (TPSA) is 21.1 Å². The van der Waals surface area contributed by atoms with E-state index in [2.05, 4.69) is 64.0 Å². The summed E-state index contributed by atoms with van der Waals surface area (Å²) in [7, 11) is 0. The standard InChI is InChI=1S/C22H23N3/c1-16-4-5-19-18(15-16)22-20-3-2-12-24(20)13-9-21(22)25(19)14-8-17-6-10-23-11-7-17/h4-8,10-11,14-15,20H,2-3,9,12-13H2,1H3. The minimum atomic E-state index is 0.614. The SMILES string of the molecule is Cc1ccc2c(c1)c1c(n2C=Cc2ccncc2)CCN2CCCC12. The highest BCUT2D eigenvalue weighted by Crippen LogP contribution is 2.43. The first-order valence-corrected chi connectivity index (χ1v) is 9.27. The van der Waals surface area contributed by atoms with Gasteiger partial charge in [-0.05, 0) is 67.8 Å². The number of benzene rings is 1. The molecule has 1 atom stereocenters. The molecule has 1 aromatic carbocycles. The molecule has 0 bridgehead atoms. The summed E-state index contributed by atoms with van der Waals surface area (Å²) in [5.41, 5.74) is 6.97. The molecule has 25 heavy (non-hydrogen) atoms. The molecule has 3 nitrogen and oxygen atoms in total. The third-order valence-electron chi connectivity index (χ3n) is 5.76. The molecule has 3 aromatic rings. The first-order valence-electron chi connectivity index (χ1n) is 9.27. The Balaban J connectivity index is 1.70. The highest BCUT2D eigenvalue weighted by Gasteiger charge is 2.34. The molecule has 4 heterocycles. The maximum atomic E-state index is 4.11. The summed E-state index contributed by atoms with van der Waals surface area (Å²) >= 11 is 0. The van der Waals surface area contributed by atoms with Crippen LogP contribution in [0.25, 0.3) is 23.2 Å². The lowest BCUT2D eigenvalue weighted by molar-refractivity contribution is 0.243. The summed E-state index contributed by atoms with van der Waals surface area (Å²) < 4.78 is 2.43. The van der Waals surface area contributed by atoms with E-state index >= 15 is 0 Å². The van der Waals surface area contributed by atoms with Gasteiger partial charge in [0.15, 0.2) is 0 Å². The van der Waals surface area contributed by atoms with Crippen LogP contribution in [0.5, 0.6) is 0 Å². The second kappa shape index (κ2) is 5.85. The van der Waals surface area contributed by atoms with E-state index in [0.717, 1.165) is 6.42 Å². The third-order valence-corrected chi connectivity index (χ3v) is 5.76. The van der Waals surface area contributed by atoms with Crippen molar-refractivity contribution in [2.75, 3.05) is 13.1 Å². The van der Waals surface area contributed by atoms with Crippen molar-refractivity contribution in [2.45, 2.75) is 32.2 Å². The van der Waals surface area contributed by atoms with Gasteiger partial charge in [-0.2, -0.15) is 0 Å². The number of nitrogens with zero attached hydrogens (tertiary/aromatic N) is 3. The maximum absolute atomic E-state index is 4.11. The zero-order valence-electron chi connectivity index (χ0n) is 14.7. The molecule has 2 aliphatic heterocycles. The Labute approximate surface area is 148 Å². The smallest absolute Gasteiger partial charge is 0.0529 e. The van der Waals surface area contributed by atoms with Crippen LogP contribution >= 0.6 is 0 Å². The Kier molecular flexibility index (Phi) is 3.49. The van der Waals surface area contributed by atoms with Crippen molar-refractivity contribution in [3.63, 3.8) is 0 Å². The number of hydrogen-bond acceptors (Lipinski definition) is 2. The van der Waals surface area contributed by atoms with Crippen molar-refractivity contribution in [3.05, 3.63) is 65.1 Å². The van der Waals surface area contributed by atoms with Crippen molar-refractivity contribution >= 4 is 23.2 Å². The number of aromatic nitrogens is 2. The molecule has 0 spiro atoms. The van der Waals surface area contributed by atoms with E-state index in [-0.39, 0.29) is 0 Å². The molecule has 0 radical (unpaired) electrons. The van der Waals surface area contributed by atoms with Crippen LogP contribution in [0, 0.1) is 6.92 Å². The summed E-state index contributed by atoms with van der Waals surface area (Å²) in [6.07, 6.45) is 11.9. The Morgan fingerprint density at radius 3 is 2.88 bits per heavy atom. The Bertz CT molecular complexity index is 952. The van der Waals surface area contributed by atoms with Crippen LogP contribution in [-0.4, -0.2) is 27.5 Å². The Hall–Kier alpha value is -2.39. The minimum absolute atomic E-state index is 0.614. The van der Waals surface area contributed by atoms with Crippen LogP contribution in [0.15, 0.2) is 42.7 Å². The molecule has 126 valence electrons. The van der Waals surface area contributed by atoms with E-state index in [1.807, 2.05) is 12.4 Å². The molecule has 5 rings (SSSR count). The van der Waals surface area contributed by atoms with Crippen LogP contribution in [-0.2, 0) is 6.42 Å². The average molecular weight is 329 g/mol.